The molecule has 1 heterocycles. The first-order valence-electron chi connectivity index (χ1n) is 8.15. The second-order valence-corrected chi connectivity index (χ2v) is 7.19. The first kappa shape index (κ1) is 15.1. The van der Waals surface area contributed by atoms with E-state index in [1.165, 1.54) is 32.5 Å². The zero-order valence-corrected chi connectivity index (χ0v) is 14.4. The molecule has 0 aliphatic carbocycles. The van der Waals surface area contributed by atoms with Crippen molar-refractivity contribution in [2.45, 2.75) is 17.1 Å². The van der Waals surface area contributed by atoms with E-state index < -0.39 is 0 Å². The zero-order chi connectivity index (χ0) is 16.4. The molecule has 118 valence electrons. The predicted octanol–water partition coefficient (Wildman–Crippen LogP) is 6.36. The Kier molecular flexibility index (Phi) is 4.14. The number of hydrogen-bond donors (Lipinski definition) is 1. The maximum atomic E-state index is 3.42. The number of nitrogens with one attached hydrogen (secondary N) is 1. The van der Waals surface area contributed by atoms with Crippen molar-refractivity contribution in [1.82, 2.24) is 4.98 Å². The van der Waals surface area contributed by atoms with E-state index in [2.05, 4.69) is 97.0 Å². The van der Waals surface area contributed by atoms with Gasteiger partial charge >= 0.3 is 0 Å². The standard InChI is InChI=1S/C22H19NS/c1-16-11-13-18(14-12-16)24-22(17-7-3-2-4-8-17)20-15-23-21-10-6-5-9-19(20)21/h2-15,22-23H,1H3. The van der Waals surface area contributed by atoms with Crippen molar-refractivity contribution >= 4 is 22.7 Å². The number of H-pyrrole nitrogens is 1. The fraction of sp³-hybridized carbons (Fsp3) is 0.0909. The molecule has 3 aromatic carbocycles. The molecule has 0 aliphatic heterocycles. The molecule has 1 N–H and O–H groups in total. The number of para-hydroxylation sites is 1. The van der Waals surface area contributed by atoms with Crippen molar-refractivity contribution in [3.8, 4) is 0 Å². The molecular weight excluding hydrogens is 310 g/mol. The lowest BCUT2D eigenvalue weighted by Gasteiger charge is -2.17. The van der Waals surface area contributed by atoms with Gasteiger partial charge in [0.2, 0.25) is 0 Å². The van der Waals surface area contributed by atoms with E-state index in [9.17, 15) is 0 Å². The van der Waals surface area contributed by atoms with Gasteiger partial charge in [-0.1, -0.05) is 66.2 Å². The van der Waals surface area contributed by atoms with Gasteiger partial charge in [0.1, 0.15) is 0 Å². The number of benzene rings is 3. The van der Waals surface area contributed by atoms with Crippen LogP contribution in [0.1, 0.15) is 21.9 Å². The van der Waals surface area contributed by atoms with E-state index in [1.54, 1.807) is 0 Å². The molecule has 4 rings (SSSR count). The highest BCUT2D eigenvalue weighted by Gasteiger charge is 2.19. The monoisotopic (exact) mass is 329 g/mol. The summed E-state index contributed by atoms with van der Waals surface area (Å²) in [7, 11) is 0. The van der Waals surface area contributed by atoms with Gasteiger partial charge in [-0.3, -0.25) is 0 Å². The average molecular weight is 329 g/mol. The summed E-state index contributed by atoms with van der Waals surface area (Å²) in [6, 6.07) is 28.1. The number of aromatic amines is 1. The molecule has 1 nitrogen and oxygen atoms in total. The summed E-state index contributed by atoms with van der Waals surface area (Å²) in [5, 5.41) is 1.57. The Morgan fingerprint density at radius 1 is 0.792 bits per heavy atom. The van der Waals surface area contributed by atoms with Crippen molar-refractivity contribution in [2.75, 3.05) is 0 Å². The van der Waals surface area contributed by atoms with Crippen LogP contribution in [0.15, 0.2) is 90.0 Å². The normalized spacial score (nSPS) is 12.4. The molecule has 4 aromatic rings. The highest BCUT2D eigenvalue weighted by Crippen LogP contribution is 2.42. The minimum atomic E-state index is 0.269. The summed E-state index contributed by atoms with van der Waals surface area (Å²) in [5.41, 5.74) is 5.15. The quantitative estimate of drug-likeness (QED) is 0.431. The summed E-state index contributed by atoms with van der Waals surface area (Å²) < 4.78 is 0. The number of aromatic nitrogens is 1. The van der Waals surface area contributed by atoms with Gasteiger partial charge < -0.3 is 4.98 Å². The van der Waals surface area contributed by atoms with Crippen molar-refractivity contribution in [3.63, 3.8) is 0 Å². The molecule has 1 unspecified atom stereocenters. The molecule has 0 saturated heterocycles. The summed E-state index contributed by atoms with van der Waals surface area (Å²) >= 11 is 1.90. The fourth-order valence-electron chi connectivity index (χ4n) is 3.00. The van der Waals surface area contributed by atoms with Crippen LogP contribution in [0.3, 0.4) is 0 Å². The minimum Gasteiger partial charge on any atom is -0.361 e. The molecule has 0 fully saturated rings. The smallest absolute Gasteiger partial charge is 0.0614 e. The van der Waals surface area contributed by atoms with Gasteiger partial charge in [0.05, 0.1) is 5.25 Å². The third kappa shape index (κ3) is 2.98. The molecule has 0 spiro atoms. The van der Waals surface area contributed by atoms with Gasteiger partial charge in [-0.25, -0.2) is 0 Å². The van der Waals surface area contributed by atoms with Gasteiger partial charge in [0.25, 0.3) is 0 Å². The largest absolute Gasteiger partial charge is 0.361 e. The second kappa shape index (κ2) is 6.58. The SMILES string of the molecule is Cc1ccc(SC(c2ccccc2)c2c[nH]c3ccccc23)cc1. The molecule has 24 heavy (non-hydrogen) atoms. The van der Waals surface area contributed by atoms with E-state index in [1.807, 2.05) is 11.8 Å². The van der Waals surface area contributed by atoms with Crippen LogP contribution in [0.2, 0.25) is 0 Å². The van der Waals surface area contributed by atoms with Gasteiger partial charge in [0.15, 0.2) is 0 Å². The van der Waals surface area contributed by atoms with Gasteiger partial charge in [-0.15, -0.1) is 11.8 Å². The van der Waals surface area contributed by atoms with Crippen molar-refractivity contribution in [2.24, 2.45) is 0 Å². The maximum Gasteiger partial charge on any atom is 0.0614 e. The number of fused-ring (bicyclic) bond motifs is 1. The lowest BCUT2D eigenvalue weighted by atomic mass is 10.0. The maximum absolute atomic E-state index is 3.42. The predicted molar refractivity (Wildman–Crippen MR) is 104 cm³/mol. The minimum absolute atomic E-state index is 0.269. The van der Waals surface area contributed by atoms with Crippen LogP contribution in [-0.2, 0) is 0 Å². The first-order chi connectivity index (χ1) is 11.8. The van der Waals surface area contributed by atoms with Crippen LogP contribution in [0, 0.1) is 6.92 Å². The van der Waals surface area contributed by atoms with Crippen LogP contribution in [0.5, 0.6) is 0 Å². The Morgan fingerprint density at radius 3 is 2.29 bits per heavy atom. The van der Waals surface area contributed by atoms with Crippen molar-refractivity contribution < 1.29 is 0 Å². The Morgan fingerprint density at radius 2 is 1.50 bits per heavy atom. The topological polar surface area (TPSA) is 15.8 Å². The Labute approximate surface area is 146 Å². The molecule has 0 aliphatic rings. The Balaban J connectivity index is 1.80. The molecule has 1 atom stereocenters. The van der Waals surface area contributed by atoms with Gasteiger partial charge in [0, 0.05) is 22.0 Å². The van der Waals surface area contributed by atoms with E-state index >= 15 is 0 Å². The van der Waals surface area contributed by atoms with Crippen LogP contribution >= 0.6 is 11.8 Å². The van der Waals surface area contributed by atoms with Crippen LogP contribution in [0.25, 0.3) is 10.9 Å². The number of rotatable bonds is 4. The Bertz CT molecular complexity index is 939. The van der Waals surface area contributed by atoms with Crippen molar-refractivity contribution in [3.05, 3.63) is 102 Å². The molecule has 0 saturated carbocycles. The average Bonchev–Trinajstić information content (AvgIpc) is 3.06. The van der Waals surface area contributed by atoms with Crippen LogP contribution in [0.4, 0.5) is 0 Å². The fourth-order valence-corrected chi connectivity index (χ4v) is 4.18. The summed E-state index contributed by atoms with van der Waals surface area (Å²) in [4.78, 5) is 4.71. The zero-order valence-electron chi connectivity index (χ0n) is 13.6. The van der Waals surface area contributed by atoms with Crippen molar-refractivity contribution in [1.29, 1.82) is 0 Å². The third-order valence-corrected chi connectivity index (χ3v) is 5.59. The third-order valence-electron chi connectivity index (χ3n) is 4.28. The molecular formula is C22H19NS. The van der Waals surface area contributed by atoms with Crippen LogP contribution in [-0.4, -0.2) is 4.98 Å². The highest BCUT2D eigenvalue weighted by molar-refractivity contribution is 7.99. The molecule has 0 amide bonds. The van der Waals surface area contributed by atoms with Gasteiger partial charge in [-0.05, 0) is 36.2 Å². The van der Waals surface area contributed by atoms with Gasteiger partial charge in [-0.2, -0.15) is 0 Å². The lowest BCUT2D eigenvalue weighted by Crippen LogP contribution is -1.96. The van der Waals surface area contributed by atoms with E-state index in [0.29, 0.717) is 0 Å². The summed E-state index contributed by atoms with van der Waals surface area (Å²) in [5.74, 6) is 0. The molecule has 2 heteroatoms. The number of thioether (sulfide) groups is 1. The van der Waals surface area contributed by atoms with Crippen LogP contribution < -0.4 is 0 Å². The lowest BCUT2D eigenvalue weighted by molar-refractivity contribution is 1.16. The second-order valence-electron chi connectivity index (χ2n) is 6.01. The number of aryl methyl sites for hydroxylation is 1. The molecule has 1 aromatic heterocycles. The summed E-state index contributed by atoms with van der Waals surface area (Å²) in [6.07, 6.45) is 2.16. The first-order valence-corrected chi connectivity index (χ1v) is 9.03. The van der Waals surface area contributed by atoms with E-state index in [4.69, 9.17) is 0 Å². The molecule has 0 bridgehead atoms. The highest BCUT2D eigenvalue weighted by atomic mass is 32.2. The van der Waals surface area contributed by atoms with E-state index in [0.717, 1.165) is 0 Å². The summed E-state index contributed by atoms with van der Waals surface area (Å²) in [6.45, 7) is 2.13. The molecule has 0 radical (unpaired) electrons. The Hall–Kier alpha value is -2.45. The number of hydrogen-bond acceptors (Lipinski definition) is 1. The van der Waals surface area contributed by atoms with E-state index in [-0.39, 0.29) is 5.25 Å².